The third-order valence-corrected chi connectivity index (χ3v) is 7.20. The molecular formula is C28H39F3N2O6. The van der Waals surface area contributed by atoms with Crippen molar-refractivity contribution in [2.45, 2.75) is 78.6 Å². The molecule has 0 unspecified atom stereocenters. The average molecular weight is 557 g/mol. The van der Waals surface area contributed by atoms with E-state index in [-0.39, 0.29) is 24.3 Å². The molecule has 1 heterocycles. The highest BCUT2D eigenvalue weighted by Gasteiger charge is 2.31. The largest absolute Gasteiger partial charge is 0.503 e. The van der Waals surface area contributed by atoms with Gasteiger partial charge in [-0.15, -0.1) is 0 Å². The zero-order valence-corrected chi connectivity index (χ0v) is 23.2. The molecule has 1 aliphatic heterocycles. The van der Waals surface area contributed by atoms with Crippen LogP contribution in [0.15, 0.2) is 23.3 Å². The first-order valence-corrected chi connectivity index (χ1v) is 12.9. The van der Waals surface area contributed by atoms with Gasteiger partial charge >= 0.3 is 6.09 Å². The lowest BCUT2D eigenvalue weighted by Gasteiger charge is -2.29. The van der Waals surface area contributed by atoms with Crippen molar-refractivity contribution in [3.8, 4) is 5.75 Å². The number of phenolic OH excluding ortho intramolecular Hbond substituents is 1. The number of aliphatic hydroxyl groups excluding tert-OH is 1. The lowest BCUT2D eigenvalue weighted by Crippen LogP contribution is -2.35. The number of amides is 2. The van der Waals surface area contributed by atoms with Crippen molar-refractivity contribution >= 4 is 17.7 Å². The molecule has 5 N–H and O–H groups in total. The molecule has 0 aliphatic carbocycles. The Morgan fingerprint density at radius 1 is 1.13 bits per heavy atom. The van der Waals surface area contributed by atoms with Crippen LogP contribution in [0.2, 0.25) is 0 Å². The van der Waals surface area contributed by atoms with Gasteiger partial charge in [0.05, 0.1) is 12.2 Å². The maximum atomic E-state index is 15.3. The number of phenols is 1. The Hall–Kier alpha value is -3.05. The molecule has 39 heavy (non-hydrogen) atoms. The minimum Gasteiger partial charge on any atom is -0.503 e. The van der Waals surface area contributed by atoms with E-state index in [1.807, 2.05) is 6.92 Å². The predicted octanol–water partition coefficient (Wildman–Crippen LogP) is 5.12. The molecule has 1 aromatic rings. The summed E-state index contributed by atoms with van der Waals surface area (Å²) >= 11 is 0. The first kappa shape index (κ1) is 32.2. The van der Waals surface area contributed by atoms with Crippen molar-refractivity contribution in [3.63, 3.8) is 0 Å². The second kappa shape index (κ2) is 13.8. The van der Waals surface area contributed by atoms with Gasteiger partial charge in [0.15, 0.2) is 23.2 Å². The smallest absolute Gasteiger partial charge is 0.405 e. The Balaban J connectivity index is 2.58. The van der Waals surface area contributed by atoms with E-state index in [1.54, 1.807) is 32.9 Å². The number of fused-ring (bicyclic) bond motifs is 2. The fourth-order valence-corrected chi connectivity index (χ4v) is 4.94. The molecule has 218 valence electrons. The number of methoxy groups -OCH3 is 1. The van der Waals surface area contributed by atoms with Gasteiger partial charge in [-0.3, -0.25) is 4.79 Å². The minimum absolute atomic E-state index is 0.136. The lowest BCUT2D eigenvalue weighted by atomic mass is 9.87. The number of carbonyl (C=O) groups is 2. The van der Waals surface area contributed by atoms with Crippen LogP contribution in [0.3, 0.4) is 0 Å². The van der Waals surface area contributed by atoms with Crippen LogP contribution in [-0.4, -0.2) is 47.6 Å². The molecule has 0 fully saturated rings. The number of ether oxygens (including phenoxy) is 2. The Bertz CT molecular complexity index is 1120. The van der Waals surface area contributed by atoms with Gasteiger partial charge in [0, 0.05) is 24.2 Å². The standard InChI is InChI=1S/C28H39F3N2O6/c1-13-10-18-20(29)23(22(31)25(35)21(18)30)33-27(36)15(3)9-7-8-14(2)26(39-28(32)37)17(5)12-16(4)24(34)19(11-13)38-6/h9,12-14,16,19,24,26,34-35H,7-8,10-11H2,1-6H3,(H2,32,37)(H,33,36)/b15-9+,17-12+/t13-,14+,16+,19+,24-,26-/m1/s1. The van der Waals surface area contributed by atoms with E-state index in [2.05, 4.69) is 5.32 Å². The molecule has 1 aliphatic rings. The SMILES string of the molecule is CO[C@H]1C[C@H](C)Cc2c(F)c(O)c(F)c(c2F)NC(=O)/C(C)=C/CC[C@H](C)[C@@H](OC(N)=O)/C(C)=C/[C@H](C)[C@H]1O. The van der Waals surface area contributed by atoms with Gasteiger partial charge in [-0.25, -0.2) is 18.0 Å². The summed E-state index contributed by atoms with van der Waals surface area (Å²) in [6.45, 7) is 8.46. The number of anilines is 1. The van der Waals surface area contributed by atoms with E-state index < -0.39 is 76.6 Å². The Kier molecular flexibility index (Phi) is 11.4. The minimum atomic E-state index is -1.62. The Labute approximate surface area is 227 Å². The number of allylic oxidation sites excluding steroid dienone is 1. The van der Waals surface area contributed by atoms with Crippen LogP contribution >= 0.6 is 0 Å². The number of benzene rings is 1. The van der Waals surface area contributed by atoms with Crippen molar-refractivity contribution in [2.24, 2.45) is 23.5 Å². The van der Waals surface area contributed by atoms with Gasteiger partial charge in [0.1, 0.15) is 11.8 Å². The van der Waals surface area contributed by atoms with Crippen LogP contribution in [-0.2, 0) is 20.7 Å². The van der Waals surface area contributed by atoms with Crippen molar-refractivity contribution in [1.29, 1.82) is 0 Å². The zero-order chi connectivity index (χ0) is 29.6. The van der Waals surface area contributed by atoms with E-state index in [9.17, 15) is 28.6 Å². The molecular weight excluding hydrogens is 517 g/mol. The topological polar surface area (TPSA) is 131 Å². The summed E-state index contributed by atoms with van der Waals surface area (Å²) in [7, 11) is 1.40. The van der Waals surface area contributed by atoms with Crippen molar-refractivity contribution < 1.29 is 42.4 Å². The normalized spacial score (nSPS) is 30.5. The molecule has 8 nitrogen and oxygen atoms in total. The molecule has 0 radical (unpaired) electrons. The molecule has 0 aromatic heterocycles. The van der Waals surface area contributed by atoms with Crippen LogP contribution in [0.1, 0.15) is 59.4 Å². The highest BCUT2D eigenvalue weighted by molar-refractivity contribution is 6.03. The number of nitrogens with one attached hydrogen (secondary N) is 1. The van der Waals surface area contributed by atoms with Crippen molar-refractivity contribution in [1.82, 2.24) is 0 Å². The van der Waals surface area contributed by atoms with Crippen LogP contribution < -0.4 is 11.1 Å². The summed E-state index contributed by atoms with van der Waals surface area (Å²) in [6, 6.07) is 0. The number of hydrogen-bond acceptors (Lipinski definition) is 6. The summed E-state index contributed by atoms with van der Waals surface area (Å²) < 4.78 is 55.6. The van der Waals surface area contributed by atoms with Crippen molar-refractivity contribution in [3.05, 3.63) is 46.3 Å². The second-order valence-electron chi connectivity index (χ2n) is 10.5. The number of rotatable bonds is 2. The fraction of sp³-hybridized carbons (Fsp3) is 0.571. The van der Waals surface area contributed by atoms with E-state index >= 15 is 4.39 Å². The number of primary amides is 1. The van der Waals surface area contributed by atoms with Crippen LogP contribution in [0.5, 0.6) is 5.75 Å². The van der Waals surface area contributed by atoms with Gasteiger partial charge in [0.25, 0.3) is 5.91 Å². The number of carbonyl (C=O) groups excluding carboxylic acids is 2. The maximum Gasteiger partial charge on any atom is 0.405 e. The Morgan fingerprint density at radius 2 is 1.77 bits per heavy atom. The third-order valence-electron chi connectivity index (χ3n) is 7.20. The van der Waals surface area contributed by atoms with E-state index in [1.165, 1.54) is 14.0 Å². The predicted molar refractivity (Wildman–Crippen MR) is 140 cm³/mol. The monoisotopic (exact) mass is 556 g/mol. The van der Waals surface area contributed by atoms with Crippen LogP contribution in [0.25, 0.3) is 0 Å². The molecule has 1 aromatic carbocycles. The molecule has 0 spiro atoms. The van der Waals surface area contributed by atoms with Crippen LogP contribution in [0.4, 0.5) is 23.7 Å². The highest BCUT2D eigenvalue weighted by Crippen LogP contribution is 2.36. The maximum absolute atomic E-state index is 15.3. The fourth-order valence-electron chi connectivity index (χ4n) is 4.94. The van der Waals surface area contributed by atoms with E-state index in [4.69, 9.17) is 15.2 Å². The van der Waals surface area contributed by atoms with E-state index in [0.717, 1.165) is 0 Å². The molecule has 6 atom stereocenters. The second-order valence-corrected chi connectivity index (χ2v) is 10.5. The third kappa shape index (κ3) is 7.98. The number of hydrogen-bond donors (Lipinski definition) is 4. The summed E-state index contributed by atoms with van der Waals surface area (Å²) in [6.07, 6.45) is 0.565. The quantitative estimate of drug-likeness (QED) is 0.374. The average Bonchev–Trinajstić information content (AvgIpc) is 2.88. The van der Waals surface area contributed by atoms with Gasteiger partial charge in [-0.2, -0.15) is 0 Å². The van der Waals surface area contributed by atoms with E-state index in [0.29, 0.717) is 18.4 Å². The number of aromatic hydroxyl groups is 1. The highest BCUT2D eigenvalue weighted by atomic mass is 19.1. The van der Waals surface area contributed by atoms with Crippen LogP contribution in [0, 0.1) is 35.2 Å². The van der Waals surface area contributed by atoms with Crippen molar-refractivity contribution in [2.75, 3.05) is 12.4 Å². The van der Waals surface area contributed by atoms with Gasteiger partial charge in [-0.05, 0) is 56.9 Å². The molecule has 0 saturated heterocycles. The molecule has 2 bridgehead atoms. The van der Waals surface area contributed by atoms with Gasteiger partial charge in [0.2, 0.25) is 0 Å². The summed E-state index contributed by atoms with van der Waals surface area (Å²) in [4.78, 5) is 24.3. The Morgan fingerprint density at radius 3 is 2.36 bits per heavy atom. The molecule has 11 heteroatoms. The number of nitrogens with two attached hydrogens (primary N) is 1. The molecule has 2 amide bonds. The van der Waals surface area contributed by atoms with Gasteiger partial charge in [-0.1, -0.05) is 32.9 Å². The van der Waals surface area contributed by atoms with Gasteiger partial charge < -0.3 is 30.7 Å². The lowest BCUT2D eigenvalue weighted by molar-refractivity contribution is -0.112. The number of halogens is 3. The first-order chi connectivity index (χ1) is 18.2. The summed E-state index contributed by atoms with van der Waals surface area (Å²) in [5, 5.41) is 23.1. The molecule has 2 rings (SSSR count). The number of aliphatic hydroxyl groups is 1. The summed E-state index contributed by atoms with van der Waals surface area (Å²) in [5.74, 6) is -7.82. The zero-order valence-electron chi connectivity index (χ0n) is 23.2. The molecule has 0 saturated carbocycles. The first-order valence-electron chi connectivity index (χ1n) is 12.9. The summed E-state index contributed by atoms with van der Waals surface area (Å²) in [5.41, 5.74) is 4.56.